The fourth-order valence-corrected chi connectivity index (χ4v) is 3.62. The summed E-state index contributed by atoms with van der Waals surface area (Å²) in [4.78, 5) is 24.3. The molecule has 4 rings (SSSR count). The predicted molar refractivity (Wildman–Crippen MR) is 109 cm³/mol. The summed E-state index contributed by atoms with van der Waals surface area (Å²) in [5.74, 6) is 0.881. The topological polar surface area (TPSA) is 58.1 Å². The molecule has 1 N–H and O–H groups in total. The summed E-state index contributed by atoms with van der Waals surface area (Å²) < 4.78 is 0. The van der Waals surface area contributed by atoms with Crippen molar-refractivity contribution in [3.05, 3.63) is 59.8 Å². The summed E-state index contributed by atoms with van der Waals surface area (Å²) in [5.41, 5.74) is 4.99. The van der Waals surface area contributed by atoms with E-state index in [4.69, 9.17) is 4.98 Å². The number of benzene rings is 2. The molecule has 1 aromatic heterocycles. The third-order valence-electron chi connectivity index (χ3n) is 5.41. The highest BCUT2D eigenvalue weighted by Gasteiger charge is 2.27. The highest BCUT2D eigenvalue weighted by Crippen LogP contribution is 2.25. The fraction of sp³-hybridized carbons (Fsp3) is 0.318. The van der Waals surface area contributed by atoms with E-state index in [0.29, 0.717) is 6.54 Å². The van der Waals surface area contributed by atoms with Gasteiger partial charge in [0.15, 0.2) is 0 Å². The lowest BCUT2D eigenvalue weighted by atomic mass is 9.96. The molecule has 0 radical (unpaired) electrons. The molecule has 0 spiro atoms. The fourth-order valence-electron chi connectivity index (χ4n) is 3.62. The first-order valence-electron chi connectivity index (χ1n) is 9.45. The van der Waals surface area contributed by atoms with Gasteiger partial charge in [-0.1, -0.05) is 24.3 Å². The average Bonchev–Trinajstić information content (AvgIpc) is 2.71. The van der Waals surface area contributed by atoms with E-state index < -0.39 is 0 Å². The number of nitrogens with zero attached hydrogens (tertiary/aromatic N) is 3. The number of carbonyl (C=O) groups is 1. The molecule has 1 amide bonds. The molecule has 1 saturated heterocycles. The molecule has 27 heavy (non-hydrogen) atoms. The van der Waals surface area contributed by atoms with Gasteiger partial charge in [0, 0.05) is 18.8 Å². The Morgan fingerprint density at radius 2 is 1.93 bits per heavy atom. The molecular formula is C22H24N4O. The van der Waals surface area contributed by atoms with Gasteiger partial charge >= 0.3 is 0 Å². The van der Waals surface area contributed by atoms with E-state index in [0.717, 1.165) is 47.5 Å². The van der Waals surface area contributed by atoms with Gasteiger partial charge in [-0.3, -0.25) is 9.78 Å². The van der Waals surface area contributed by atoms with Crippen molar-refractivity contribution in [2.75, 3.05) is 23.3 Å². The Morgan fingerprint density at radius 1 is 1.11 bits per heavy atom. The van der Waals surface area contributed by atoms with Crippen LogP contribution in [0.5, 0.6) is 0 Å². The van der Waals surface area contributed by atoms with Crippen LogP contribution in [0, 0.1) is 19.8 Å². The van der Waals surface area contributed by atoms with E-state index in [-0.39, 0.29) is 11.8 Å². The number of hydrogen-bond donors (Lipinski definition) is 1. The predicted octanol–water partition coefficient (Wildman–Crippen LogP) is 4.10. The van der Waals surface area contributed by atoms with Crippen molar-refractivity contribution in [3.63, 3.8) is 0 Å². The zero-order valence-electron chi connectivity index (χ0n) is 15.8. The summed E-state index contributed by atoms with van der Waals surface area (Å²) in [6.45, 7) is 5.68. The van der Waals surface area contributed by atoms with Crippen LogP contribution in [-0.4, -0.2) is 29.0 Å². The van der Waals surface area contributed by atoms with E-state index in [9.17, 15) is 4.79 Å². The van der Waals surface area contributed by atoms with Crippen LogP contribution < -0.4 is 10.2 Å². The van der Waals surface area contributed by atoms with Crippen molar-refractivity contribution in [1.29, 1.82) is 0 Å². The van der Waals surface area contributed by atoms with E-state index in [1.807, 2.05) is 49.5 Å². The molecule has 0 bridgehead atoms. The van der Waals surface area contributed by atoms with Crippen LogP contribution in [0.1, 0.15) is 24.0 Å². The molecule has 0 saturated carbocycles. The van der Waals surface area contributed by atoms with Crippen LogP contribution in [0.25, 0.3) is 11.0 Å². The second-order valence-corrected chi connectivity index (χ2v) is 7.24. The Hall–Kier alpha value is -2.95. The summed E-state index contributed by atoms with van der Waals surface area (Å²) in [7, 11) is 0. The van der Waals surface area contributed by atoms with Crippen LogP contribution in [0.3, 0.4) is 0 Å². The summed E-state index contributed by atoms with van der Waals surface area (Å²) >= 11 is 0. The first kappa shape index (κ1) is 17.5. The van der Waals surface area contributed by atoms with Crippen LogP contribution >= 0.6 is 0 Å². The minimum atomic E-state index is -0.0491. The quantitative estimate of drug-likeness (QED) is 0.764. The average molecular weight is 360 g/mol. The van der Waals surface area contributed by atoms with Gasteiger partial charge in [0.25, 0.3) is 0 Å². The van der Waals surface area contributed by atoms with Crippen molar-refractivity contribution in [3.8, 4) is 0 Å². The van der Waals surface area contributed by atoms with Crippen molar-refractivity contribution < 1.29 is 4.79 Å². The van der Waals surface area contributed by atoms with Gasteiger partial charge in [0.1, 0.15) is 5.82 Å². The Bertz CT molecular complexity index is 985. The van der Waals surface area contributed by atoms with Gasteiger partial charge in [-0.25, -0.2) is 4.98 Å². The number of aromatic nitrogens is 2. The normalized spacial score (nSPS) is 17.1. The lowest BCUT2D eigenvalue weighted by molar-refractivity contribution is -0.120. The maximum absolute atomic E-state index is 12.8. The molecule has 0 aliphatic carbocycles. The Kier molecular flexibility index (Phi) is 4.75. The number of amides is 1. The third-order valence-corrected chi connectivity index (χ3v) is 5.41. The summed E-state index contributed by atoms with van der Waals surface area (Å²) in [5, 5.41) is 3.12. The zero-order chi connectivity index (χ0) is 18.8. The maximum Gasteiger partial charge on any atom is 0.229 e. The molecule has 1 aliphatic heterocycles. The van der Waals surface area contributed by atoms with Crippen LogP contribution in [0.15, 0.2) is 48.7 Å². The Morgan fingerprint density at radius 3 is 2.78 bits per heavy atom. The van der Waals surface area contributed by atoms with E-state index in [2.05, 4.69) is 28.2 Å². The second-order valence-electron chi connectivity index (χ2n) is 7.24. The first-order chi connectivity index (χ1) is 13.1. The highest BCUT2D eigenvalue weighted by atomic mass is 16.1. The molecule has 5 nitrogen and oxygen atoms in total. The molecule has 2 heterocycles. The summed E-state index contributed by atoms with van der Waals surface area (Å²) in [6.07, 6.45) is 3.68. The van der Waals surface area contributed by atoms with Gasteiger partial charge in [-0.15, -0.1) is 0 Å². The second kappa shape index (κ2) is 7.35. The van der Waals surface area contributed by atoms with Gasteiger partial charge in [-0.2, -0.15) is 0 Å². The number of piperidine rings is 1. The number of rotatable bonds is 3. The minimum absolute atomic E-state index is 0.0491. The number of carbonyl (C=O) groups excluding carboxylic acids is 1. The highest BCUT2D eigenvalue weighted by molar-refractivity contribution is 5.94. The number of para-hydroxylation sites is 2. The van der Waals surface area contributed by atoms with Crippen LogP contribution in [0.4, 0.5) is 11.5 Å². The van der Waals surface area contributed by atoms with Crippen LogP contribution in [0.2, 0.25) is 0 Å². The van der Waals surface area contributed by atoms with E-state index in [1.54, 1.807) is 0 Å². The molecule has 5 heteroatoms. The zero-order valence-corrected chi connectivity index (χ0v) is 15.8. The van der Waals surface area contributed by atoms with E-state index >= 15 is 0 Å². The lowest BCUT2D eigenvalue weighted by Gasteiger charge is -2.32. The molecule has 0 unspecified atom stereocenters. The number of aryl methyl sites for hydroxylation is 1. The van der Waals surface area contributed by atoms with Gasteiger partial charge in [0.2, 0.25) is 5.91 Å². The molecule has 1 aliphatic rings. The van der Waals surface area contributed by atoms with Crippen molar-refractivity contribution in [2.45, 2.75) is 26.7 Å². The smallest absolute Gasteiger partial charge is 0.229 e. The summed E-state index contributed by atoms with van der Waals surface area (Å²) in [6, 6.07) is 13.9. The standard InChI is InChI=1S/C22H24N4O/c1-15-7-5-11-18(16(15)2)25-22(27)17-8-6-12-26(14-17)21-13-23-19-9-3-4-10-20(19)24-21/h3-5,7,9-11,13,17H,6,8,12,14H2,1-2H3,(H,25,27)/t17-/m1/s1. The molecule has 3 aromatic rings. The lowest BCUT2D eigenvalue weighted by Crippen LogP contribution is -2.41. The molecule has 1 fully saturated rings. The van der Waals surface area contributed by atoms with E-state index in [1.165, 1.54) is 5.56 Å². The van der Waals surface area contributed by atoms with Gasteiger partial charge in [0.05, 0.1) is 23.1 Å². The van der Waals surface area contributed by atoms with Crippen LogP contribution in [-0.2, 0) is 4.79 Å². The SMILES string of the molecule is Cc1cccc(NC(=O)[C@@H]2CCCN(c3cnc4ccccc4n3)C2)c1C. The van der Waals surface area contributed by atoms with Crippen molar-refractivity contribution >= 4 is 28.4 Å². The van der Waals surface area contributed by atoms with Crippen molar-refractivity contribution in [2.24, 2.45) is 5.92 Å². The third kappa shape index (κ3) is 3.63. The minimum Gasteiger partial charge on any atom is -0.355 e. The number of anilines is 2. The number of nitrogens with one attached hydrogen (secondary N) is 1. The number of fused-ring (bicyclic) bond motifs is 1. The largest absolute Gasteiger partial charge is 0.355 e. The Balaban J connectivity index is 1.50. The Labute approximate surface area is 159 Å². The molecule has 138 valence electrons. The maximum atomic E-state index is 12.8. The first-order valence-corrected chi connectivity index (χ1v) is 9.45. The molecule has 1 atom stereocenters. The van der Waals surface area contributed by atoms with Gasteiger partial charge in [-0.05, 0) is 56.0 Å². The van der Waals surface area contributed by atoms with Crippen molar-refractivity contribution in [1.82, 2.24) is 9.97 Å². The van der Waals surface area contributed by atoms with Gasteiger partial charge < -0.3 is 10.2 Å². The molecule has 2 aromatic carbocycles. The monoisotopic (exact) mass is 360 g/mol. The number of hydrogen-bond acceptors (Lipinski definition) is 4. The molecular weight excluding hydrogens is 336 g/mol.